The summed E-state index contributed by atoms with van der Waals surface area (Å²) in [6, 6.07) is 11.4. The summed E-state index contributed by atoms with van der Waals surface area (Å²) in [5.41, 5.74) is 0.932. The molecule has 1 heterocycles. The Hall–Kier alpha value is -3.45. The van der Waals surface area contributed by atoms with Gasteiger partial charge in [-0.2, -0.15) is 0 Å². The monoisotopic (exact) mass is 425 g/mol. The fraction of sp³-hybridized carbons (Fsp3) is 0.250. The molecule has 6 nitrogen and oxygen atoms in total. The highest BCUT2D eigenvalue weighted by Gasteiger charge is 2.46. The van der Waals surface area contributed by atoms with Crippen molar-refractivity contribution in [2.45, 2.75) is 6.04 Å². The van der Waals surface area contributed by atoms with Crippen molar-refractivity contribution < 1.29 is 28.7 Å². The second-order valence-corrected chi connectivity index (χ2v) is 7.63. The van der Waals surface area contributed by atoms with Crippen LogP contribution in [-0.2, 0) is 9.59 Å². The van der Waals surface area contributed by atoms with Gasteiger partial charge in [0, 0.05) is 5.56 Å². The number of aliphatic hydroxyl groups excluding tert-OH is 1. The standard InChI is InChI=1S/C24H25FN2O4/c1-4-15-31-19-11-7-17(8-12-19)22(28)20-21(16-5-9-18(25)10-6-16)27(14-13-26(2)3)24(30)23(20)29/h4-12,21,28H,1,13-15H2,2-3H3/p+1/t21-/m0/s1. The van der Waals surface area contributed by atoms with Crippen molar-refractivity contribution in [3.05, 3.63) is 83.7 Å². The summed E-state index contributed by atoms with van der Waals surface area (Å²) in [4.78, 5) is 28.3. The Morgan fingerprint density at radius 2 is 1.81 bits per heavy atom. The van der Waals surface area contributed by atoms with Crippen molar-refractivity contribution in [2.24, 2.45) is 0 Å². The zero-order valence-electron chi connectivity index (χ0n) is 17.6. The molecule has 0 aromatic heterocycles. The lowest BCUT2D eigenvalue weighted by Crippen LogP contribution is -3.06. The molecule has 1 atom stereocenters. The zero-order valence-corrected chi connectivity index (χ0v) is 17.6. The van der Waals surface area contributed by atoms with Gasteiger partial charge < -0.3 is 19.6 Å². The summed E-state index contributed by atoms with van der Waals surface area (Å²) >= 11 is 0. The maximum absolute atomic E-state index is 13.5. The molecule has 0 bridgehead atoms. The molecule has 0 aliphatic carbocycles. The third-order valence-corrected chi connectivity index (χ3v) is 5.07. The van der Waals surface area contributed by atoms with E-state index in [4.69, 9.17) is 4.74 Å². The fourth-order valence-electron chi connectivity index (χ4n) is 3.47. The van der Waals surface area contributed by atoms with E-state index in [0.29, 0.717) is 36.6 Å². The fourth-order valence-corrected chi connectivity index (χ4v) is 3.47. The van der Waals surface area contributed by atoms with Gasteiger partial charge in [-0.1, -0.05) is 24.8 Å². The number of halogens is 1. The number of amides is 1. The number of nitrogens with one attached hydrogen (secondary N) is 1. The lowest BCUT2D eigenvalue weighted by molar-refractivity contribution is -0.857. The first-order chi connectivity index (χ1) is 14.8. The highest BCUT2D eigenvalue weighted by molar-refractivity contribution is 6.46. The van der Waals surface area contributed by atoms with Crippen molar-refractivity contribution in [1.29, 1.82) is 0 Å². The van der Waals surface area contributed by atoms with E-state index in [1.54, 1.807) is 30.3 Å². The Balaban J connectivity index is 2.05. The number of aliphatic hydroxyl groups is 1. The van der Waals surface area contributed by atoms with E-state index in [2.05, 4.69) is 6.58 Å². The van der Waals surface area contributed by atoms with Gasteiger partial charge in [0.25, 0.3) is 11.7 Å². The van der Waals surface area contributed by atoms with Gasteiger partial charge in [-0.25, -0.2) is 4.39 Å². The first-order valence-electron chi connectivity index (χ1n) is 10.0. The van der Waals surface area contributed by atoms with E-state index in [1.807, 2.05) is 14.1 Å². The third-order valence-electron chi connectivity index (χ3n) is 5.07. The van der Waals surface area contributed by atoms with Gasteiger partial charge >= 0.3 is 0 Å². The number of benzene rings is 2. The van der Waals surface area contributed by atoms with Crippen LogP contribution < -0.4 is 9.64 Å². The topological polar surface area (TPSA) is 71.3 Å². The Morgan fingerprint density at radius 1 is 1.16 bits per heavy atom. The van der Waals surface area contributed by atoms with Crippen molar-refractivity contribution in [1.82, 2.24) is 4.90 Å². The number of hydrogen-bond donors (Lipinski definition) is 2. The Kier molecular flexibility index (Phi) is 6.87. The van der Waals surface area contributed by atoms with Crippen molar-refractivity contribution >= 4 is 17.4 Å². The molecule has 2 N–H and O–H groups in total. The molecule has 2 aromatic rings. The Bertz CT molecular complexity index is 997. The van der Waals surface area contributed by atoms with Crippen LogP contribution in [0.25, 0.3) is 5.76 Å². The van der Waals surface area contributed by atoms with Crippen LogP contribution in [0.1, 0.15) is 17.2 Å². The van der Waals surface area contributed by atoms with E-state index < -0.39 is 23.5 Å². The highest BCUT2D eigenvalue weighted by Crippen LogP contribution is 2.39. The van der Waals surface area contributed by atoms with Crippen LogP contribution in [0.5, 0.6) is 5.75 Å². The molecular weight excluding hydrogens is 399 g/mol. The molecular formula is C24H26FN2O4+. The number of likely N-dealkylation sites (N-methyl/N-ethyl adjacent to an activating group) is 1. The first-order valence-corrected chi connectivity index (χ1v) is 10.0. The van der Waals surface area contributed by atoms with E-state index in [-0.39, 0.29) is 11.3 Å². The second kappa shape index (κ2) is 9.57. The summed E-state index contributed by atoms with van der Waals surface area (Å²) in [5.74, 6) is -1.55. The third kappa shape index (κ3) is 4.83. The molecule has 1 saturated heterocycles. The molecule has 0 spiro atoms. The summed E-state index contributed by atoms with van der Waals surface area (Å²) in [5, 5.41) is 11.0. The number of rotatable bonds is 8. The van der Waals surface area contributed by atoms with Gasteiger partial charge in [0.15, 0.2) is 0 Å². The molecule has 0 saturated carbocycles. The Morgan fingerprint density at radius 3 is 2.39 bits per heavy atom. The number of quaternary nitrogens is 1. The number of Topliss-reactive ketones (excluding diaryl/α,β-unsaturated/α-hetero) is 1. The molecule has 3 rings (SSSR count). The van der Waals surface area contributed by atoms with E-state index in [1.165, 1.54) is 29.2 Å². The number of nitrogens with zero attached hydrogens (tertiary/aromatic N) is 1. The second-order valence-electron chi connectivity index (χ2n) is 7.63. The predicted molar refractivity (Wildman–Crippen MR) is 115 cm³/mol. The molecule has 31 heavy (non-hydrogen) atoms. The van der Waals surface area contributed by atoms with Gasteiger partial charge in [0.2, 0.25) is 0 Å². The van der Waals surface area contributed by atoms with Crippen molar-refractivity contribution in [3.8, 4) is 5.75 Å². The first kappa shape index (κ1) is 22.2. The van der Waals surface area contributed by atoms with E-state index >= 15 is 0 Å². The van der Waals surface area contributed by atoms with E-state index in [9.17, 15) is 19.1 Å². The quantitative estimate of drug-likeness (QED) is 0.294. The summed E-state index contributed by atoms with van der Waals surface area (Å²) in [6.45, 7) is 4.87. The van der Waals surface area contributed by atoms with Gasteiger partial charge in [0.1, 0.15) is 23.9 Å². The van der Waals surface area contributed by atoms with Gasteiger partial charge in [-0.3, -0.25) is 9.59 Å². The number of ketones is 1. The zero-order chi connectivity index (χ0) is 22.5. The number of hydrogen-bond acceptors (Lipinski definition) is 4. The van der Waals surface area contributed by atoms with Crippen molar-refractivity contribution in [3.63, 3.8) is 0 Å². The van der Waals surface area contributed by atoms with Gasteiger partial charge in [0.05, 0.1) is 38.8 Å². The van der Waals surface area contributed by atoms with Crippen LogP contribution in [-0.4, -0.2) is 55.5 Å². The van der Waals surface area contributed by atoms with Crippen LogP contribution in [0.2, 0.25) is 0 Å². The predicted octanol–water partition coefficient (Wildman–Crippen LogP) is 1.96. The number of likely N-dealkylation sites (tertiary alicyclic amines) is 1. The number of carbonyl (C=O) groups excluding carboxylic acids is 2. The summed E-state index contributed by atoms with van der Waals surface area (Å²) in [7, 11) is 3.89. The molecule has 2 aromatic carbocycles. The molecule has 0 unspecified atom stereocenters. The minimum atomic E-state index is -0.795. The lowest BCUT2D eigenvalue weighted by atomic mass is 9.95. The average Bonchev–Trinajstić information content (AvgIpc) is 3.01. The normalized spacial score (nSPS) is 17.9. The van der Waals surface area contributed by atoms with Crippen LogP contribution in [0, 0.1) is 5.82 Å². The molecule has 1 fully saturated rings. The smallest absolute Gasteiger partial charge is 0.295 e. The molecule has 1 aliphatic heterocycles. The van der Waals surface area contributed by atoms with Crippen LogP contribution in [0.15, 0.2) is 66.8 Å². The van der Waals surface area contributed by atoms with E-state index in [0.717, 1.165) is 4.90 Å². The van der Waals surface area contributed by atoms with Gasteiger partial charge in [-0.05, 0) is 42.0 Å². The summed E-state index contributed by atoms with van der Waals surface area (Å²) < 4.78 is 18.9. The molecule has 1 aliphatic rings. The van der Waals surface area contributed by atoms with Gasteiger partial charge in [-0.15, -0.1) is 0 Å². The highest BCUT2D eigenvalue weighted by atomic mass is 19.1. The molecule has 1 amide bonds. The molecule has 162 valence electrons. The maximum Gasteiger partial charge on any atom is 0.295 e. The van der Waals surface area contributed by atoms with Crippen LogP contribution in [0.4, 0.5) is 4.39 Å². The molecule has 7 heteroatoms. The number of ether oxygens (including phenoxy) is 1. The molecule has 0 radical (unpaired) electrons. The average molecular weight is 425 g/mol. The number of carbonyl (C=O) groups is 2. The van der Waals surface area contributed by atoms with Crippen LogP contribution >= 0.6 is 0 Å². The minimum absolute atomic E-state index is 0.00914. The summed E-state index contributed by atoms with van der Waals surface area (Å²) in [6.07, 6.45) is 1.62. The Labute approximate surface area is 180 Å². The van der Waals surface area contributed by atoms with Crippen molar-refractivity contribution in [2.75, 3.05) is 33.8 Å². The maximum atomic E-state index is 13.5. The SMILES string of the molecule is C=CCOc1ccc(C(O)=C2C(=O)C(=O)N(CC[NH+](C)C)[C@H]2c2ccc(F)cc2)cc1. The largest absolute Gasteiger partial charge is 0.507 e. The van der Waals surface area contributed by atoms with Crippen LogP contribution in [0.3, 0.4) is 0 Å². The minimum Gasteiger partial charge on any atom is -0.507 e. The lowest BCUT2D eigenvalue weighted by Gasteiger charge is -2.25.